The van der Waals surface area contributed by atoms with Crippen molar-refractivity contribution in [2.24, 2.45) is 5.92 Å². The molecular weight excluding hydrogens is 531 g/mol. The third-order valence-corrected chi connectivity index (χ3v) is 8.01. The number of aromatic amines is 1. The van der Waals surface area contributed by atoms with Gasteiger partial charge in [-0.15, -0.1) is 0 Å². The third kappa shape index (κ3) is 7.86. The van der Waals surface area contributed by atoms with E-state index in [1.54, 1.807) is 12.3 Å². The van der Waals surface area contributed by atoms with Gasteiger partial charge in [0.05, 0.1) is 17.1 Å². The van der Waals surface area contributed by atoms with Gasteiger partial charge < -0.3 is 10.3 Å². The third-order valence-electron chi connectivity index (χ3n) is 8.01. The molecule has 0 bridgehead atoms. The summed E-state index contributed by atoms with van der Waals surface area (Å²) in [5, 5.41) is 13.5. The van der Waals surface area contributed by atoms with E-state index in [9.17, 15) is 9.80 Å². The Balaban J connectivity index is 1.61. The van der Waals surface area contributed by atoms with Crippen molar-refractivity contribution in [1.29, 1.82) is 5.41 Å². The van der Waals surface area contributed by atoms with E-state index in [0.29, 0.717) is 34.2 Å². The number of aromatic nitrogens is 2. The number of pyridine rings is 1. The van der Waals surface area contributed by atoms with Crippen LogP contribution < -0.4 is 5.32 Å². The molecule has 4 nitrogen and oxygen atoms in total. The predicted octanol–water partition coefficient (Wildman–Crippen LogP) is 10.3. The fourth-order valence-electron chi connectivity index (χ4n) is 5.74. The highest BCUT2D eigenvalue weighted by Gasteiger charge is 2.17. The zero-order valence-corrected chi connectivity index (χ0v) is 25.7. The van der Waals surface area contributed by atoms with E-state index in [0.717, 1.165) is 45.4 Å². The Morgan fingerprint density at radius 3 is 2.44 bits per heavy atom. The van der Waals surface area contributed by atoms with E-state index < -0.39 is 0 Å². The van der Waals surface area contributed by atoms with E-state index in [2.05, 4.69) is 47.2 Å². The molecule has 0 atom stereocenters. The molecule has 3 N–H and O–H groups in total. The largest absolute Gasteiger partial charge is 0.359 e. The number of benzene rings is 1. The quantitative estimate of drug-likeness (QED) is 0.149. The lowest BCUT2D eigenvalue weighted by atomic mass is 9.86. The minimum atomic E-state index is -0.316. The van der Waals surface area contributed by atoms with Gasteiger partial charge in [-0.05, 0) is 92.3 Å². The highest BCUT2D eigenvalue weighted by molar-refractivity contribution is 6.15. The molecule has 2 aromatic heterocycles. The molecule has 0 amide bonds. The summed E-state index contributed by atoms with van der Waals surface area (Å²) in [6.07, 6.45) is 19.2. The maximum absolute atomic E-state index is 14.0. The molecule has 1 fully saturated rings. The second-order valence-corrected chi connectivity index (χ2v) is 11.3. The molecule has 1 saturated carbocycles. The van der Waals surface area contributed by atoms with Gasteiger partial charge in [-0.3, -0.25) is 10.4 Å². The minimum absolute atomic E-state index is 0.315. The first-order valence-electron chi connectivity index (χ1n) is 15.1. The van der Waals surface area contributed by atoms with Crippen molar-refractivity contribution >= 4 is 16.6 Å². The Bertz CT molecular complexity index is 1650. The molecule has 0 spiro atoms. The number of hydrogen-bond donors (Lipinski definition) is 3. The van der Waals surface area contributed by atoms with Crippen LogP contribution >= 0.6 is 0 Å². The fraction of sp³-hybridized carbons (Fsp3) is 0.263. The summed E-state index contributed by atoms with van der Waals surface area (Å²) in [4.78, 5) is 7.89. The number of allylic oxidation sites excluding steroid dienone is 10. The van der Waals surface area contributed by atoms with Gasteiger partial charge in [0.25, 0.3) is 0 Å². The monoisotopic (exact) mass is 574 g/mol. The highest BCUT2D eigenvalue weighted by Crippen LogP contribution is 2.30. The van der Waals surface area contributed by atoms with Crippen LogP contribution in [0, 0.1) is 17.1 Å². The van der Waals surface area contributed by atoms with Gasteiger partial charge in [0.1, 0.15) is 5.82 Å². The van der Waals surface area contributed by atoms with Crippen LogP contribution in [0.1, 0.15) is 65.0 Å². The van der Waals surface area contributed by atoms with Gasteiger partial charge in [0.15, 0.2) is 0 Å². The summed E-state index contributed by atoms with van der Waals surface area (Å²) in [5.74, 6) is 0.382. The van der Waals surface area contributed by atoms with Crippen molar-refractivity contribution in [2.45, 2.75) is 59.3 Å². The van der Waals surface area contributed by atoms with Crippen LogP contribution in [0.4, 0.5) is 4.39 Å². The minimum Gasteiger partial charge on any atom is -0.359 e. The van der Waals surface area contributed by atoms with Crippen LogP contribution in [-0.4, -0.2) is 15.7 Å². The number of fused-ring (bicyclic) bond motifs is 1. The first-order valence-corrected chi connectivity index (χ1v) is 15.1. The lowest BCUT2D eigenvalue weighted by molar-refractivity contribution is 0.353. The Morgan fingerprint density at radius 1 is 1.07 bits per heavy atom. The molecule has 1 aliphatic carbocycles. The topological polar surface area (TPSA) is 64.6 Å². The zero-order chi connectivity index (χ0) is 30.9. The van der Waals surface area contributed by atoms with Gasteiger partial charge in [0.2, 0.25) is 0 Å². The van der Waals surface area contributed by atoms with E-state index in [1.807, 2.05) is 57.2 Å². The maximum atomic E-state index is 14.0. The molecule has 4 rings (SSSR count). The van der Waals surface area contributed by atoms with Crippen LogP contribution in [0.2, 0.25) is 0 Å². The lowest BCUT2D eigenvalue weighted by Gasteiger charge is -2.23. The van der Waals surface area contributed by atoms with Crippen LogP contribution in [0.25, 0.3) is 22.2 Å². The molecule has 1 aromatic carbocycles. The normalized spacial score (nSPS) is 15.4. The number of H-pyrrole nitrogens is 1. The standard InChI is InChI=1S/C38H43FN4/c1-7-28(22-32(9-3)42-26(6)20-27-14-11-10-12-15-27)29(8-2)23-33(25(4)5)37(40)36-24-34-35(43-36)18-19-41-38(34)30-16-13-17-31(39)21-30/h7-9,13,16-19,21-24,27,40,42-43H,3-4,6,10-12,14-15,20H2,1-2,5H3/b28-7+,29-8+,32-22+,33-23+,40-37?. The molecule has 43 heavy (non-hydrogen) atoms. The first kappa shape index (κ1) is 31.4. The summed E-state index contributed by atoms with van der Waals surface area (Å²) >= 11 is 0. The molecular formula is C38H43FN4. The number of rotatable bonds is 12. The Morgan fingerprint density at radius 2 is 1.79 bits per heavy atom. The smallest absolute Gasteiger partial charge is 0.123 e. The lowest BCUT2D eigenvalue weighted by Crippen LogP contribution is -2.16. The van der Waals surface area contributed by atoms with Crippen molar-refractivity contribution in [2.75, 3.05) is 0 Å². The van der Waals surface area contributed by atoms with Gasteiger partial charge >= 0.3 is 0 Å². The summed E-state index contributed by atoms with van der Waals surface area (Å²) in [6.45, 7) is 18.4. The number of nitrogens with zero attached hydrogens (tertiary/aromatic N) is 1. The molecule has 3 aromatic rings. The Labute approximate surface area is 255 Å². The molecule has 5 heteroatoms. The summed E-state index contributed by atoms with van der Waals surface area (Å²) < 4.78 is 14.0. The average Bonchev–Trinajstić information content (AvgIpc) is 3.45. The summed E-state index contributed by atoms with van der Waals surface area (Å²) in [5.41, 5.74) is 8.47. The molecule has 0 aliphatic heterocycles. The summed E-state index contributed by atoms with van der Waals surface area (Å²) in [7, 11) is 0. The fourth-order valence-corrected chi connectivity index (χ4v) is 5.74. The van der Waals surface area contributed by atoms with Gasteiger partial charge in [0, 0.05) is 39.6 Å². The molecule has 1 aliphatic rings. The second-order valence-electron chi connectivity index (χ2n) is 11.3. The Kier molecular flexibility index (Phi) is 10.7. The van der Waals surface area contributed by atoms with Crippen LogP contribution in [0.5, 0.6) is 0 Å². The van der Waals surface area contributed by atoms with Crippen molar-refractivity contribution < 1.29 is 4.39 Å². The highest BCUT2D eigenvalue weighted by atomic mass is 19.1. The van der Waals surface area contributed by atoms with Crippen molar-refractivity contribution in [3.63, 3.8) is 0 Å². The maximum Gasteiger partial charge on any atom is 0.123 e. The first-order chi connectivity index (χ1) is 20.7. The van der Waals surface area contributed by atoms with E-state index in [4.69, 9.17) is 0 Å². The van der Waals surface area contributed by atoms with Crippen molar-refractivity contribution in [1.82, 2.24) is 15.3 Å². The Hall–Kier alpha value is -4.51. The van der Waals surface area contributed by atoms with E-state index >= 15 is 0 Å². The zero-order valence-electron chi connectivity index (χ0n) is 25.7. The van der Waals surface area contributed by atoms with Crippen LogP contribution in [0.3, 0.4) is 0 Å². The second kappa shape index (κ2) is 14.6. The van der Waals surface area contributed by atoms with Gasteiger partial charge in [-0.2, -0.15) is 0 Å². The van der Waals surface area contributed by atoms with Gasteiger partial charge in [-0.25, -0.2) is 4.39 Å². The average molecular weight is 575 g/mol. The molecule has 0 saturated heterocycles. The molecule has 0 unspecified atom stereocenters. The number of hydrogen-bond acceptors (Lipinski definition) is 3. The SMILES string of the molecule is C=C\C(=C/C(=C\C)C(/C=C(\C(=C)C)C(=N)c1cc2c(-c3cccc(F)c3)nccc2[nH]1)=C/C)NC(=C)CC1CCCCC1. The van der Waals surface area contributed by atoms with Gasteiger partial charge in [-0.1, -0.05) is 76.1 Å². The molecule has 0 radical (unpaired) electrons. The molecule has 222 valence electrons. The number of halogens is 1. The number of nitrogens with one attached hydrogen (secondary N) is 3. The van der Waals surface area contributed by atoms with E-state index in [-0.39, 0.29) is 5.82 Å². The van der Waals surface area contributed by atoms with E-state index in [1.165, 1.54) is 44.2 Å². The van der Waals surface area contributed by atoms with Crippen LogP contribution in [0.15, 0.2) is 126 Å². The predicted molar refractivity (Wildman–Crippen MR) is 180 cm³/mol. The molecule has 2 heterocycles. The summed E-state index contributed by atoms with van der Waals surface area (Å²) in [6, 6.07) is 10.2. The van der Waals surface area contributed by atoms with Crippen LogP contribution in [-0.2, 0) is 0 Å². The van der Waals surface area contributed by atoms with Crippen molar-refractivity contribution in [3.8, 4) is 11.3 Å². The van der Waals surface area contributed by atoms with Crippen molar-refractivity contribution in [3.05, 3.63) is 138 Å².